The van der Waals surface area contributed by atoms with Gasteiger partial charge in [-0.25, -0.2) is 0 Å². The third kappa shape index (κ3) is 3.45. The van der Waals surface area contributed by atoms with Gasteiger partial charge in [-0.05, 0) is 43.3 Å². The van der Waals surface area contributed by atoms with Gasteiger partial charge in [-0.1, -0.05) is 23.2 Å². The molecule has 2 nitrogen and oxygen atoms in total. The molecule has 0 radical (unpaired) electrons. The number of ketones is 1. The minimum atomic E-state index is -1.40. The summed E-state index contributed by atoms with van der Waals surface area (Å²) < 4.78 is 12.8. The minimum absolute atomic E-state index is 0.162. The highest BCUT2D eigenvalue weighted by atomic mass is 35.5. The van der Waals surface area contributed by atoms with E-state index in [-0.39, 0.29) is 5.78 Å². The molecule has 2 unspecified atom stereocenters. The van der Waals surface area contributed by atoms with E-state index in [1.54, 1.807) is 43.3 Å². The Balaban J connectivity index is 2.19. The number of hydrogen-bond donors (Lipinski definition) is 0. The number of carbonyl (C=O) groups excluding carboxylic acids is 1. The predicted molar refractivity (Wildman–Crippen MR) is 81.0 cm³/mol. The Morgan fingerprint density at radius 2 is 1.79 bits per heavy atom. The highest BCUT2D eigenvalue weighted by Gasteiger charge is 2.23. The van der Waals surface area contributed by atoms with Crippen LogP contribution in [0.4, 0.5) is 0 Å². The van der Waals surface area contributed by atoms with Crippen LogP contribution in [0, 0.1) is 0 Å². The van der Waals surface area contributed by atoms with Gasteiger partial charge in [0.2, 0.25) is 0 Å². The van der Waals surface area contributed by atoms with E-state index in [0.29, 0.717) is 19.1 Å². The first kappa shape index (κ1) is 14.7. The summed E-state index contributed by atoms with van der Waals surface area (Å²) in [5.41, 5.74) is 0. The first-order valence-electron chi connectivity index (χ1n) is 5.44. The molecular weight excluding hydrogens is 323 g/mol. The van der Waals surface area contributed by atoms with Crippen LogP contribution in [0.1, 0.15) is 16.6 Å². The fraction of sp³-hybridized carbons (Fsp3) is 0.154. The summed E-state index contributed by atoms with van der Waals surface area (Å²) in [5.74, 6) is -0.162. The molecule has 0 saturated carbocycles. The van der Waals surface area contributed by atoms with Crippen molar-refractivity contribution in [2.75, 3.05) is 0 Å². The zero-order chi connectivity index (χ0) is 14.0. The van der Waals surface area contributed by atoms with Crippen LogP contribution in [0.5, 0.6) is 0 Å². The van der Waals surface area contributed by atoms with E-state index in [1.165, 1.54) is 11.3 Å². The van der Waals surface area contributed by atoms with Crippen molar-refractivity contribution < 1.29 is 9.00 Å². The molecule has 0 N–H and O–H groups in total. The van der Waals surface area contributed by atoms with E-state index < -0.39 is 16.0 Å². The van der Waals surface area contributed by atoms with Crippen molar-refractivity contribution in [3.05, 3.63) is 50.6 Å². The number of hydrogen-bond acceptors (Lipinski definition) is 3. The Hall–Kier alpha value is -0.680. The number of benzene rings is 1. The van der Waals surface area contributed by atoms with Gasteiger partial charge in [-0.2, -0.15) is 0 Å². The molecule has 1 aromatic heterocycles. The molecule has 0 fully saturated rings. The highest BCUT2D eigenvalue weighted by molar-refractivity contribution is 7.86. The fourth-order valence-electron chi connectivity index (χ4n) is 1.52. The molecule has 0 bridgehead atoms. The van der Waals surface area contributed by atoms with Crippen LogP contribution in [-0.4, -0.2) is 15.2 Å². The molecule has 0 saturated heterocycles. The highest BCUT2D eigenvalue weighted by Crippen LogP contribution is 2.25. The molecule has 2 rings (SSSR count). The fourth-order valence-corrected chi connectivity index (χ4v) is 3.92. The lowest BCUT2D eigenvalue weighted by Gasteiger charge is -2.09. The lowest BCUT2D eigenvalue weighted by atomic mass is 10.2. The summed E-state index contributed by atoms with van der Waals surface area (Å²) in [7, 11) is -1.40. The maximum atomic E-state index is 12.3. The van der Waals surface area contributed by atoms with Gasteiger partial charge in [0.25, 0.3) is 0 Å². The minimum Gasteiger partial charge on any atom is -0.292 e. The molecule has 0 amide bonds. The third-order valence-corrected chi connectivity index (χ3v) is 5.64. The Labute approximate surface area is 127 Å². The second-order valence-corrected chi connectivity index (χ2v) is 7.79. The van der Waals surface area contributed by atoms with Crippen LogP contribution >= 0.6 is 34.5 Å². The van der Waals surface area contributed by atoms with Crippen molar-refractivity contribution in [1.82, 2.24) is 0 Å². The van der Waals surface area contributed by atoms with Crippen molar-refractivity contribution >= 4 is 51.1 Å². The summed E-state index contributed by atoms with van der Waals surface area (Å²) in [6.45, 7) is 1.65. The van der Waals surface area contributed by atoms with Gasteiger partial charge in [-0.15, -0.1) is 11.3 Å². The molecule has 2 atom stereocenters. The van der Waals surface area contributed by atoms with Gasteiger partial charge in [-0.3, -0.25) is 9.00 Å². The average molecular weight is 333 g/mol. The number of thiophene rings is 1. The van der Waals surface area contributed by atoms with E-state index in [9.17, 15) is 9.00 Å². The van der Waals surface area contributed by atoms with Gasteiger partial charge in [0, 0.05) is 9.92 Å². The zero-order valence-electron chi connectivity index (χ0n) is 9.93. The van der Waals surface area contributed by atoms with Crippen molar-refractivity contribution in [1.29, 1.82) is 0 Å². The number of rotatable bonds is 4. The third-order valence-electron chi connectivity index (χ3n) is 2.55. The van der Waals surface area contributed by atoms with E-state index in [0.717, 1.165) is 0 Å². The first-order chi connectivity index (χ1) is 8.99. The van der Waals surface area contributed by atoms with Gasteiger partial charge >= 0.3 is 0 Å². The molecule has 0 aliphatic carbocycles. The molecule has 1 heterocycles. The second-order valence-electron chi connectivity index (χ2n) is 3.86. The topological polar surface area (TPSA) is 34.1 Å². The lowest BCUT2D eigenvalue weighted by molar-refractivity contribution is 0.0996. The maximum absolute atomic E-state index is 12.3. The number of Topliss-reactive ketones (excluding diaryl/α,β-unsaturated/α-hetero) is 1. The Bertz CT molecular complexity index is 620. The van der Waals surface area contributed by atoms with Crippen molar-refractivity contribution in [3.8, 4) is 0 Å². The van der Waals surface area contributed by atoms with Crippen LogP contribution in [0.25, 0.3) is 0 Å². The van der Waals surface area contributed by atoms with Crippen LogP contribution < -0.4 is 0 Å². The van der Waals surface area contributed by atoms with Gasteiger partial charge < -0.3 is 0 Å². The number of halogens is 2. The molecule has 1 aromatic carbocycles. The largest absolute Gasteiger partial charge is 0.292 e. The van der Waals surface area contributed by atoms with Crippen molar-refractivity contribution in [3.63, 3.8) is 0 Å². The summed E-state index contributed by atoms with van der Waals surface area (Å²) in [6, 6.07) is 9.98. The SMILES string of the molecule is CC(C(=O)c1ccc(Cl)s1)S(=O)c1ccc(Cl)cc1. The standard InChI is InChI=1S/C13H10Cl2O2S2/c1-8(13(16)11-6-7-12(15)18-11)19(17)10-4-2-9(14)3-5-10/h2-8H,1H3. The van der Waals surface area contributed by atoms with Crippen LogP contribution in [0.15, 0.2) is 41.3 Å². The van der Waals surface area contributed by atoms with Gasteiger partial charge in [0.15, 0.2) is 5.78 Å². The van der Waals surface area contributed by atoms with E-state index >= 15 is 0 Å². The number of carbonyl (C=O) groups is 1. The Kier molecular flexibility index (Phi) is 4.79. The first-order valence-corrected chi connectivity index (χ1v) is 8.23. The Morgan fingerprint density at radius 1 is 1.16 bits per heavy atom. The monoisotopic (exact) mass is 332 g/mol. The maximum Gasteiger partial charge on any atom is 0.188 e. The van der Waals surface area contributed by atoms with Gasteiger partial charge in [0.1, 0.15) is 5.25 Å². The molecule has 0 aliphatic heterocycles. The normalized spacial score (nSPS) is 14.1. The van der Waals surface area contributed by atoms with Crippen LogP contribution in [0.2, 0.25) is 9.36 Å². The molecule has 0 spiro atoms. The summed E-state index contributed by atoms with van der Waals surface area (Å²) in [4.78, 5) is 13.3. The molecular formula is C13H10Cl2O2S2. The smallest absolute Gasteiger partial charge is 0.188 e. The van der Waals surface area contributed by atoms with Crippen LogP contribution in [-0.2, 0) is 10.8 Å². The molecule has 0 aliphatic rings. The zero-order valence-corrected chi connectivity index (χ0v) is 13.1. The molecule has 100 valence electrons. The summed E-state index contributed by atoms with van der Waals surface area (Å²) >= 11 is 12.8. The van der Waals surface area contributed by atoms with Crippen molar-refractivity contribution in [2.45, 2.75) is 17.1 Å². The van der Waals surface area contributed by atoms with Gasteiger partial charge in [0.05, 0.1) is 20.0 Å². The predicted octanol–water partition coefficient (Wildman–Crippen LogP) is 4.43. The van der Waals surface area contributed by atoms with Crippen molar-refractivity contribution in [2.24, 2.45) is 0 Å². The summed E-state index contributed by atoms with van der Waals surface area (Å²) in [5, 5.41) is -0.0411. The molecule has 6 heteroatoms. The van der Waals surface area contributed by atoms with Crippen LogP contribution in [0.3, 0.4) is 0 Å². The van der Waals surface area contributed by atoms with E-state index in [2.05, 4.69) is 0 Å². The average Bonchev–Trinajstić information content (AvgIpc) is 2.84. The van der Waals surface area contributed by atoms with E-state index in [4.69, 9.17) is 23.2 Å². The Morgan fingerprint density at radius 3 is 2.32 bits per heavy atom. The summed E-state index contributed by atoms with van der Waals surface area (Å²) in [6.07, 6.45) is 0. The lowest BCUT2D eigenvalue weighted by Crippen LogP contribution is -2.22. The molecule has 2 aromatic rings. The quantitative estimate of drug-likeness (QED) is 0.776. The van der Waals surface area contributed by atoms with E-state index in [1.807, 2.05) is 0 Å². The molecule has 19 heavy (non-hydrogen) atoms. The second kappa shape index (κ2) is 6.18.